The summed E-state index contributed by atoms with van der Waals surface area (Å²) >= 11 is 0. The van der Waals surface area contributed by atoms with Gasteiger partial charge in [0, 0.05) is 35.4 Å². The fourth-order valence-electron chi connectivity index (χ4n) is 3.25. The summed E-state index contributed by atoms with van der Waals surface area (Å²) in [5.74, 6) is 7.61. The molecule has 3 aromatic rings. The van der Waals surface area contributed by atoms with E-state index >= 15 is 0 Å². The summed E-state index contributed by atoms with van der Waals surface area (Å²) in [6, 6.07) is 10.9. The maximum absolute atomic E-state index is 12.3. The molecule has 186 valence electrons. The highest BCUT2D eigenvalue weighted by Crippen LogP contribution is 2.35. The molecule has 1 heterocycles. The zero-order valence-corrected chi connectivity index (χ0v) is 20.7. The number of carbonyl (C=O) groups is 1. The van der Waals surface area contributed by atoms with Crippen LogP contribution in [-0.2, 0) is 4.79 Å². The van der Waals surface area contributed by atoms with Gasteiger partial charge in [-0.15, -0.1) is 0 Å². The molecule has 0 saturated heterocycles. The Kier molecular flexibility index (Phi) is 8.32. The number of hydrogen-bond acceptors (Lipinski definition) is 9. The molecule has 6 N–H and O–H groups in total. The number of aromatic nitrogens is 2. The van der Waals surface area contributed by atoms with Crippen LogP contribution in [0.4, 0.5) is 17.2 Å². The van der Waals surface area contributed by atoms with E-state index in [4.69, 9.17) is 21.1 Å². The van der Waals surface area contributed by atoms with Crippen molar-refractivity contribution in [2.24, 2.45) is 17.5 Å². The highest BCUT2D eigenvalue weighted by atomic mass is 16.5. The molecule has 1 aromatic heterocycles. The van der Waals surface area contributed by atoms with Gasteiger partial charge in [0.2, 0.25) is 5.91 Å². The molecule has 2 aromatic carbocycles. The van der Waals surface area contributed by atoms with Gasteiger partial charge in [0.25, 0.3) is 0 Å². The van der Waals surface area contributed by atoms with Crippen LogP contribution in [0.3, 0.4) is 0 Å². The van der Waals surface area contributed by atoms with Crippen LogP contribution in [0.2, 0.25) is 0 Å². The number of methoxy groups -OCH3 is 1. The Balaban J connectivity index is 1.72. The Hall–Kier alpha value is -4.05. The molecule has 1 amide bonds. The van der Waals surface area contributed by atoms with Gasteiger partial charge in [0.1, 0.15) is 30.2 Å². The maximum Gasteiger partial charge on any atom is 0.245 e. The first kappa shape index (κ1) is 25.6. The Labute approximate surface area is 205 Å². The van der Waals surface area contributed by atoms with Crippen LogP contribution < -0.4 is 31.7 Å². The van der Waals surface area contributed by atoms with E-state index in [0.717, 1.165) is 11.1 Å². The van der Waals surface area contributed by atoms with Crippen LogP contribution in [0, 0.1) is 5.92 Å². The summed E-state index contributed by atoms with van der Waals surface area (Å²) in [4.78, 5) is 21.1. The Morgan fingerprint density at radius 3 is 2.43 bits per heavy atom. The van der Waals surface area contributed by atoms with Crippen LogP contribution in [-0.4, -0.2) is 40.6 Å². The smallest absolute Gasteiger partial charge is 0.245 e. The Morgan fingerprint density at radius 1 is 1.11 bits per heavy atom. The maximum atomic E-state index is 12.3. The van der Waals surface area contributed by atoms with Crippen molar-refractivity contribution in [3.05, 3.63) is 54.6 Å². The second-order valence-corrected chi connectivity index (χ2v) is 8.62. The number of hydrazine groups is 1. The minimum Gasteiger partial charge on any atom is -0.496 e. The van der Waals surface area contributed by atoms with Crippen molar-refractivity contribution in [2.75, 3.05) is 24.3 Å². The Morgan fingerprint density at radius 2 is 1.80 bits per heavy atom. The number of nitrogens with one attached hydrogen (secondary N) is 2. The molecule has 35 heavy (non-hydrogen) atoms. The van der Waals surface area contributed by atoms with Crippen molar-refractivity contribution in [1.82, 2.24) is 15.0 Å². The highest BCUT2D eigenvalue weighted by Gasteiger charge is 2.14. The van der Waals surface area contributed by atoms with E-state index < -0.39 is 0 Å². The lowest BCUT2D eigenvalue weighted by atomic mass is 10.1. The van der Waals surface area contributed by atoms with E-state index in [1.54, 1.807) is 25.4 Å². The summed E-state index contributed by atoms with van der Waals surface area (Å²) in [5.41, 5.74) is 8.59. The lowest BCUT2D eigenvalue weighted by Crippen LogP contribution is -2.35. The third kappa shape index (κ3) is 6.97. The van der Waals surface area contributed by atoms with Crippen LogP contribution in [0.25, 0.3) is 10.9 Å². The predicted molar refractivity (Wildman–Crippen MR) is 138 cm³/mol. The van der Waals surface area contributed by atoms with E-state index in [2.05, 4.69) is 20.6 Å². The quantitative estimate of drug-likeness (QED) is 0.253. The van der Waals surface area contributed by atoms with Crippen LogP contribution in [0.5, 0.6) is 11.5 Å². The average Bonchev–Trinajstić information content (AvgIpc) is 2.79. The molecule has 0 spiro atoms. The van der Waals surface area contributed by atoms with Gasteiger partial charge in [0.05, 0.1) is 24.1 Å². The number of amides is 1. The molecule has 0 fully saturated rings. The molecule has 0 saturated carbocycles. The van der Waals surface area contributed by atoms with Gasteiger partial charge in [-0.2, -0.15) is 0 Å². The minimum atomic E-state index is -0.257. The van der Waals surface area contributed by atoms with Gasteiger partial charge < -0.3 is 30.8 Å². The first-order valence-electron chi connectivity index (χ1n) is 11.3. The second kappa shape index (κ2) is 11.4. The van der Waals surface area contributed by atoms with Gasteiger partial charge in [-0.25, -0.2) is 15.8 Å². The fourth-order valence-corrected chi connectivity index (χ4v) is 3.25. The van der Waals surface area contributed by atoms with Crippen molar-refractivity contribution in [2.45, 2.75) is 33.8 Å². The fraction of sp³-hybridized carbons (Fsp3) is 0.320. The van der Waals surface area contributed by atoms with E-state index in [-0.39, 0.29) is 24.5 Å². The van der Waals surface area contributed by atoms with Crippen molar-refractivity contribution < 1.29 is 14.3 Å². The zero-order chi connectivity index (χ0) is 25.5. The number of anilines is 3. The lowest BCUT2D eigenvalue weighted by molar-refractivity contribution is -0.116. The minimum absolute atomic E-state index is 0.0251. The van der Waals surface area contributed by atoms with Gasteiger partial charge in [0.15, 0.2) is 0 Å². The number of nitrogens with two attached hydrogens (primary N) is 2. The van der Waals surface area contributed by atoms with E-state index in [1.165, 1.54) is 11.3 Å². The number of nitrogens with zero attached hydrogens (tertiary/aromatic N) is 3. The number of allylic oxidation sites excluding steroid dienone is 1. The first-order valence-corrected chi connectivity index (χ1v) is 11.3. The molecule has 0 aliphatic rings. The standard InChI is InChI=1S/C25H33N7O3/c1-15(2)20(26)12-32(27)13-23(33)30-17-6-8-18(9-7-17)31-25-24-21(28-14-29-25)10-19(35-16(3)4)11-22(24)34-5/h6-12,14-16H,13,26-27H2,1-5H3,(H,30,33)(H,28,29,31)/b20-12-. The molecule has 0 bridgehead atoms. The highest BCUT2D eigenvalue weighted by molar-refractivity contribution is 5.97. The number of carbonyl (C=O) groups excluding carboxylic acids is 1. The predicted octanol–water partition coefficient (Wildman–Crippen LogP) is 3.74. The lowest BCUT2D eigenvalue weighted by Gasteiger charge is -2.16. The summed E-state index contributed by atoms with van der Waals surface area (Å²) in [6.07, 6.45) is 3.07. The zero-order valence-electron chi connectivity index (χ0n) is 20.7. The molecule has 10 nitrogen and oxygen atoms in total. The third-order valence-corrected chi connectivity index (χ3v) is 5.01. The van der Waals surface area contributed by atoms with Gasteiger partial charge in [-0.3, -0.25) is 4.79 Å². The topological polar surface area (TPSA) is 141 Å². The number of ether oxygens (including phenoxy) is 2. The second-order valence-electron chi connectivity index (χ2n) is 8.62. The molecule has 0 unspecified atom stereocenters. The van der Waals surface area contributed by atoms with Crippen LogP contribution in [0.1, 0.15) is 27.7 Å². The van der Waals surface area contributed by atoms with Crippen molar-refractivity contribution in [1.29, 1.82) is 0 Å². The van der Waals surface area contributed by atoms with Crippen molar-refractivity contribution in [3.63, 3.8) is 0 Å². The number of fused-ring (bicyclic) bond motifs is 1. The van der Waals surface area contributed by atoms with Gasteiger partial charge in [-0.1, -0.05) is 13.8 Å². The number of rotatable bonds is 10. The summed E-state index contributed by atoms with van der Waals surface area (Å²) in [7, 11) is 1.59. The van der Waals surface area contributed by atoms with Crippen LogP contribution >= 0.6 is 0 Å². The summed E-state index contributed by atoms with van der Waals surface area (Å²) < 4.78 is 11.4. The third-order valence-electron chi connectivity index (χ3n) is 5.01. The SMILES string of the molecule is COc1cc(OC(C)C)cc2ncnc(Nc3ccc(NC(=O)CN(N)/C=C(\N)C(C)C)cc3)c12. The van der Waals surface area contributed by atoms with Crippen LogP contribution in [0.15, 0.2) is 54.6 Å². The Bertz CT molecular complexity index is 1190. The number of hydrogen-bond donors (Lipinski definition) is 4. The molecular formula is C25H33N7O3. The molecule has 10 heteroatoms. The summed E-state index contributed by atoms with van der Waals surface area (Å²) in [6.45, 7) is 7.80. The number of benzene rings is 2. The van der Waals surface area contributed by atoms with E-state index in [9.17, 15) is 4.79 Å². The first-order chi connectivity index (χ1) is 16.7. The normalized spacial score (nSPS) is 11.6. The van der Waals surface area contributed by atoms with Gasteiger partial charge >= 0.3 is 0 Å². The van der Waals surface area contributed by atoms with Gasteiger partial charge in [-0.05, 0) is 44.0 Å². The van der Waals surface area contributed by atoms with E-state index in [0.29, 0.717) is 34.2 Å². The van der Waals surface area contributed by atoms with Crippen molar-refractivity contribution in [3.8, 4) is 11.5 Å². The summed E-state index contributed by atoms with van der Waals surface area (Å²) in [5, 5.41) is 8.12. The molecular weight excluding hydrogens is 446 g/mol. The molecule has 0 radical (unpaired) electrons. The molecule has 0 aliphatic heterocycles. The monoisotopic (exact) mass is 479 g/mol. The molecule has 0 aliphatic carbocycles. The largest absolute Gasteiger partial charge is 0.496 e. The van der Waals surface area contributed by atoms with E-state index in [1.807, 2.05) is 52.0 Å². The average molecular weight is 480 g/mol. The van der Waals surface area contributed by atoms with Crippen molar-refractivity contribution >= 4 is 34.0 Å². The molecule has 0 atom stereocenters. The molecule has 3 rings (SSSR count).